The molecule has 0 radical (unpaired) electrons. The summed E-state index contributed by atoms with van der Waals surface area (Å²) in [6.07, 6.45) is -1.95. The van der Waals surface area contributed by atoms with E-state index in [1.165, 1.54) is 12.1 Å². The summed E-state index contributed by atoms with van der Waals surface area (Å²) < 4.78 is 72.4. The molecular weight excluding hydrogens is 949 g/mol. The van der Waals surface area contributed by atoms with Gasteiger partial charge in [-0.15, -0.1) is 22.7 Å². The van der Waals surface area contributed by atoms with Crippen LogP contribution >= 0.6 is 22.7 Å². The van der Waals surface area contributed by atoms with Crippen LogP contribution in [-0.4, -0.2) is 44.3 Å². The lowest BCUT2D eigenvalue weighted by Gasteiger charge is -2.07. The Bertz CT molecular complexity index is 3730. The molecule has 0 aliphatic heterocycles. The third-order valence-corrected chi connectivity index (χ3v) is 13.3. The molecule has 10 rings (SSSR count). The Kier molecular flexibility index (Phi) is 10.9. The Balaban J connectivity index is 1.22. The minimum Gasteiger partial charge on any atom is -0.444 e. The van der Waals surface area contributed by atoms with Crippen molar-refractivity contribution in [2.75, 3.05) is 0 Å². The number of carbonyl (C=O) groups is 4. The van der Waals surface area contributed by atoms with Crippen molar-refractivity contribution in [1.29, 1.82) is 21.0 Å². The van der Waals surface area contributed by atoms with Crippen LogP contribution in [-0.2, 0) is 22.7 Å². The van der Waals surface area contributed by atoms with E-state index in [4.69, 9.17) is 9.47 Å². The smallest absolute Gasteiger partial charge is 0.419 e. The lowest BCUT2D eigenvalue weighted by molar-refractivity contribution is 0.106. The van der Waals surface area contributed by atoms with Crippen molar-refractivity contribution in [1.82, 2.24) is 9.13 Å². The zero-order chi connectivity index (χ0) is 49.1. The fourth-order valence-electron chi connectivity index (χ4n) is 8.17. The summed E-state index contributed by atoms with van der Waals surface area (Å²) in [5, 5.41) is 39.4. The second-order valence-corrected chi connectivity index (χ2v) is 17.3. The Morgan fingerprint density at radius 1 is 0.529 bits per heavy atom. The van der Waals surface area contributed by atoms with Gasteiger partial charge in [0.15, 0.2) is 23.3 Å². The SMILES string of the molecule is N#CC(C#N)=C1/C(=N/c2cc3c(s2)c2c(c4sc(/N=C5\C(=O)c6cc(F)c(F)cc6C5=C(C#N)C#N)cc4n2C(=O)OCc2ccccc2)n3C(=O)OCc2ccccc2)C(=O)c2cc(F)c(F)cc21. The van der Waals surface area contributed by atoms with Gasteiger partial charge in [-0.2, -0.15) is 21.0 Å². The van der Waals surface area contributed by atoms with Gasteiger partial charge in [0, 0.05) is 33.4 Å². The number of Topliss-reactive ketones (excluding diaryl/α,β-unsaturated/α-hetero) is 2. The standard InChI is InChI=1S/C50H20F4N8O6S2/c51-31-11-27-29(13-33(31)53)45(63)41(39(27)25(17-55)18-56)59-37-15-35-47(69-37)44-43(61(35)49(65)67-21-23-7-3-1-4-8-23)48-36(62(44)50(66)68-22-24-9-5-2-6-10-24)16-38(70-48)60-42-40(26(19-57)20-58)28-12-32(52)34(54)14-30(28)46(42)64/h1-16H,21-22H2/b59-41-,60-42-. The van der Waals surface area contributed by atoms with E-state index in [0.29, 0.717) is 35.4 Å². The molecule has 0 saturated heterocycles. The van der Waals surface area contributed by atoms with Crippen LogP contribution in [0.15, 0.2) is 118 Å². The van der Waals surface area contributed by atoms with Crippen LogP contribution in [0.25, 0.3) is 42.6 Å². The molecule has 2 aliphatic carbocycles. The second kappa shape index (κ2) is 17.2. The van der Waals surface area contributed by atoms with Crippen LogP contribution in [0.4, 0.5) is 37.2 Å². The summed E-state index contributed by atoms with van der Waals surface area (Å²) in [5.41, 5.74) is -2.69. The van der Waals surface area contributed by atoms with Crippen molar-refractivity contribution in [2.45, 2.75) is 13.2 Å². The summed E-state index contributed by atoms with van der Waals surface area (Å²) >= 11 is 1.70. The van der Waals surface area contributed by atoms with E-state index in [0.717, 1.165) is 31.8 Å². The van der Waals surface area contributed by atoms with E-state index in [1.807, 2.05) is 0 Å². The molecule has 4 aromatic carbocycles. The number of rotatable bonds is 6. The second-order valence-electron chi connectivity index (χ2n) is 15.2. The highest BCUT2D eigenvalue weighted by Gasteiger charge is 2.38. The average Bonchev–Trinajstić information content (AvgIpc) is 4.19. The van der Waals surface area contributed by atoms with Crippen molar-refractivity contribution >= 4 is 110 Å². The summed E-state index contributed by atoms with van der Waals surface area (Å²) in [5.74, 6) is -7.28. The minimum absolute atomic E-state index is 0.0283. The molecule has 0 atom stereocenters. The first-order chi connectivity index (χ1) is 33.8. The van der Waals surface area contributed by atoms with E-state index in [9.17, 15) is 57.8 Å². The molecule has 0 amide bonds. The van der Waals surface area contributed by atoms with Crippen molar-refractivity contribution in [3.63, 3.8) is 0 Å². The summed E-state index contributed by atoms with van der Waals surface area (Å²) in [4.78, 5) is 65.8. The molecule has 8 aromatic rings. The Labute approximate surface area is 397 Å². The van der Waals surface area contributed by atoms with E-state index in [1.54, 1.807) is 84.9 Å². The molecule has 20 heteroatoms. The lowest BCUT2D eigenvalue weighted by atomic mass is 10.0. The van der Waals surface area contributed by atoms with Gasteiger partial charge >= 0.3 is 12.2 Å². The molecule has 0 saturated carbocycles. The lowest BCUT2D eigenvalue weighted by Crippen LogP contribution is -2.13. The highest BCUT2D eigenvalue weighted by molar-refractivity contribution is 7.25. The number of hydrogen-bond donors (Lipinski definition) is 0. The van der Waals surface area contributed by atoms with Crippen LogP contribution in [0, 0.1) is 68.6 Å². The van der Waals surface area contributed by atoms with Gasteiger partial charge in [0.05, 0.1) is 31.5 Å². The number of fused-ring (bicyclic) bond motifs is 7. The van der Waals surface area contributed by atoms with E-state index >= 15 is 0 Å². The molecular formula is C50H20F4N8O6S2. The number of carbonyl (C=O) groups excluding carboxylic acids is 4. The Hall–Kier alpha value is -9.60. The van der Waals surface area contributed by atoms with Gasteiger partial charge in [-0.1, -0.05) is 60.7 Å². The molecule has 336 valence electrons. The fraction of sp³-hybridized carbons (Fsp3) is 0.0400. The predicted octanol–water partition coefficient (Wildman–Crippen LogP) is 11.3. The number of halogens is 4. The molecule has 0 spiro atoms. The molecule has 4 aromatic heterocycles. The van der Waals surface area contributed by atoms with Crippen molar-refractivity contribution in [2.24, 2.45) is 9.98 Å². The summed E-state index contributed by atoms with van der Waals surface area (Å²) in [6.45, 7) is -0.463. The number of aliphatic imine (C=N–C) groups is 2. The number of benzene rings is 4. The molecule has 70 heavy (non-hydrogen) atoms. The van der Waals surface area contributed by atoms with Crippen molar-refractivity contribution in [3.05, 3.63) is 165 Å². The average molecular weight is 969 g/mol. The van der Waals surface area contributed by atoms with Crippen LogP contribution < -0.4 is 0 Å². The molecule has 0 unspecified atom stereocenters. The van der Waals surface area contributed by atoms with Gasteiger partial charge in [0.1, 0.15) is 70.1 Å². The number of aromatic nitrogens is 2. The third kappa shape index (κ3) is 7.12. The largest absolute Gasteiger partial charge is 0.444 e. The fourth-order valence-corrected chi connectivity index (χ4v) is 10.3. The molecule has 0 bridgehead atoms. The van der Waals surface area contributed by atoms with Crippen LogP contribution in [0.1, 0.15) is 43.0 Å². The monoisotopic (exact) mass is 968 g/mol. The number of nitrogens with zero attached hydrogens (tertiary/aromatic N) is 8. The summed E-state index contributed by atoms with van der Waals surface area (Å²) in [6, 6.07) is 29.4. The topological polar surface area (TPSA) is 216 Å². The maximum absolute atomic E-state index is 14.6. The zero-order valence-electron chi connectivity index (χ0n) is 35.0. The first-order valence-electron chi connectivity index (χ1n) is 20.2. The summed E-state index contributed by atoms with van der Waals surface area (Å²) in [7, 11) is 0. The van der Waals surface area contributed by atoms with Crippen LogP contribution in [0.2, 0.25) is 0 Å². The highest BCUT2D eigenvalue weighted by Crippen LogP contribution is 2.49. The van der Waals surface area contributed by atoms with Gasteiger partial charge in [0.25, 0.3) is 0 Å². The molecule has 0 fully saturated rings. The maximum Gasteiger partial charge on any atom is 0.419 e. The maximum atomic E-state index is 14.6. The van der Waals surface area contributed by atoms with Crippen molar-refractivity contribution < 1.29 is 46.2 Å². The van der Waals surface area contributed by atoms with Gasteiger partial charge in [0.2, 0.25) is 11.6 Å². The van der Waals surface area contributed by atoms with Gasteiger partial charge in [-0.3, -0.25) is 9.59 Å². The Morgan fingerprint density at radius 3 is 1.21 bits per heavy atom. The van der Waals surface area contributed by atoms with Gasteiger partial charge < -0.3 is 9.47 Å². The van der Waals surface area contributed by atoms with E-state index in [-0.39, 0.29) is 88.1 Å². The number of thiophene rings is 2. The quantitative estimate of drug-likeness (QED) is 0.113. The molecule has 2 aliphatic rings. The van der Waals surface area contributed by atoms with Crippen molar-refractivity contribution in [3.8, 4) is 24.3 Å². The molecule has 14 nitrogen and oxygen atoms in total. The van der Waals surface area contributed by atoms with E-state index in [2.05, 4.69) is 9.98 Å². The molecule has 0 N–H and O–H groups in total. The number of allylic oxidation sites excluding steroid dienone is 4. The predicted molar refractivity (Wildman–Crippen MR) is 247 cm³/mol. The minimum atomic E-state index is -1.36. The first kappa shape index (κ1) is 44.2. The van der Waals surface area contributed by atoms with E-state index < -0.39 is 69.6 Å². The normalized spacial score (nSPS) is 13.9. The molecule has 4 heterocycles. The van der Waals surface area contributed by atoms with Crippen LogP contribution in [0.5, 0.6) is 0 Å². The highest BCUT2D eigenvalue weighted by atomic mass is 32.1. The third-order valence-electron chi connectivity index (χ3n) is 11.2. The first-order valence-corrected chi connectivity index (χ1v) is 21.9. The van der Waals surface area contributed by atoms with Crippen LogP contribution in [0.3, 0.4) is 0 Å². The number of nitriles is 4. The number of ether oxygens (including phenoxy) is 2. The zero-order valence-corrected chi connectivity index (χ0v) is 36.6. The Morgan fingerprint density at radius 2 is 0.871 bits per heavy atom. The number of hydrogen-bond acceptors (Lipinski definition) is 14. The van der Waals surface area contributed by atoms with Gasteiger partial charge in [-0.25, -0.2) is 46.3 Å². The van der Waals surface area contributed by atoms with Gasteiger partial charge in [-0.05, 0) is 47.5 Å². The number of ketones is 2.